The molecule has 1 heterocycles. The molecule has 1 saturated carbocycles. The molecule has 1 aliphatic heterocycles. The van der Waals surface area contributed by atoms with Gasteiger partial charge in [-0.2, -0.15) is 0 Å². The summed E-state index contributed by atoms with van der Waals surface area (Å²) in [6.45, 7) is 5.44. The Bertz CT molecular complexity index is 269. The van der Waals surface area contributed by atoms with Crippen LogP contribution in [0.3, 0.4) is 0 Å². The molecule has 1 atom stereocenters. The predicted octanol–water partition coefficient (Wildman–Crippen LogP) is 1.46. The molecule has 0 aromatic rings. The van der Waals surface area contributed by atoms with Crippen LogP contribution in [0.5, 0.6) is 0 Å². The van der Waals surface area contributed by atoms with E-state index < -0.39 is 11.5 Å². The fraction of sp³-hybridized carbons (Fsp3) is 0.923. The molecule has 1 saturated heterocycles. The number of aliphatic carboxylic acids is 1. The predicted molar refractivity (Wildman–Crippen MR) is 67.1 cm³/mol. The summed E-state index contributed by atoms with van der Waals surface area (Å²) in [4.78, 5) is 13.9. The third-order valence-corrected chi connectivity index (χ3v) is 4.12. The van der Waals surface area contributed by atoms with Crippen molar-refractivity contribution in [3.8, 4) is 0 Å². The van der Waals surface area contributed by atoms with Crippen molar-refractivity contribution >= 4 is 5.97 Å². The molecule has 4 nitrogen and oxygen atoms in total. The van der Waals surface area contributed by atoms with Crippen LogP contribution in [0.2, 0.25) is 0 Å². The molecule has 2 fully saturated rings. The highest BCUT2D eigenvalue weighted by Gasteiger charge is 2.42. The second-order valence-corrected chi connectivity index (χ2v) is 5.65. The van der Waals surface area contributed by atoms with E-state index in [-0.39, 0.29) is 6.04 Å². The van der Waals surface area contributed by atoms with Crippen LogP contribution in [-0.2, 0) is 4.79 Å². The van der Waals surface area contributed by atoms with Gasteiger partial charge in [0, 0.05) is 12.6 Å². The molecule has 1 unspecified atom stereocenters. The Hall–Kier alpha value is -0.610. The summed E-state index contributed by atoms with van der Waals surface area (Å²) < 4.78 is 0. The molecule has 0 aromatic carbocycles. The zero-order chi connectivity index (χ0) is 12.3. The van der Waals surface area contributed by atoms with Crippen LogP contribution in [-0.4, -0.2) is 47.2 Å². The van der Waals surface area contributed by atoms with Gasteiger partial charge in [0.1, 0.15) is 5.54 Å². The topological polar surface area (TPSA) is 52.6 Å². The zero-order valence-electron chi connectivity index (χ0n) is 10.7. The lowest BCUT2D eigenvalue weighted by atomic mass is 9.96. The van der Waals surface area contributed by atoms with Crippen LogP contribution < -0.4 is 5.32 Å². The van der Waals surface area contributed by atoms with Gasteiger partial charge in [0.05, 0.1) is 0 Å². The van der Waals surface area contributed by atoms with Gasteiger partial charge in [-0.25, -0.2) is 0 Å². The van der Waals surface area contributed by atoms with Gasteiger partial charge in [-0.15, -0.1) is 0 Å². The third kappa shape index (κ3) is 2.99. The zero-order valence-corrected chi connectivity index (χ0v) is 10.7. The van der Waals surface area contributed by atoms with E-state index in [1.165, 1.54) is 25.9 Å². The Kier molecular flexibility index (Phi) is 4.05. The first kappa shape index (κ1) is 12.8. The first-order valence-electron chi connectivity index (χ1n) is 6.86. The van der Waals surface area contributed by atoms with Crippen molar-refractivity contribution in [3.05, 3.63) is 0 Å². The van der Waals surface area contributed by atoms with Crippen molar-refractivity contribution in [2.45, 2.75) is 57.0 Å². The summed E-state index contributed by atoms with van der Waals surface area (Å²) in [6.07, 6.45) is 6.22. The van der Waals surface area contributed by atoms with E-state index in [0.717, 1.165) is 32.2 Å². The average molecular weight is 240 g/mol. The molecule has 98 valence electrons. The lowest BCUT2D eigenvalue weighted by Gasteiger charge is -2.31. The van der Waals surface area contributed by atoms with Crippen LogP contribution in [0, 0.1) is 0 Å². The summed E-state index contributed by atoms with van der Waals surface area (Å²) >= 11 is 0. The van der Waals surface area contributed by atoms with Crippen LogP contribution in [0.1, 0.15) is 45.4 Å². The monoisotopic (exact) mass is 240 g/mol. The Morgan fingerprint density at radius 2 is 1.88 bits per heavy atom. The van der Waals surface area contributed by atoms with Gasteiger partial charge < -0.3 is 10.0 Å². The van der Waals surface area contributed by atoms with Crippen molar-refractivity contribution < 1.29 is 9.90 Å². The number of nitrogens with zero attached hydrogens (tertiary/aromatic N) is 1. The molecule has 4 heteroatoms. The average Bonchev–Trinajstić information content (AvgIpc) is 2.89. The van der Waals surface area contributed by atoms with E-state index >= 15 is 0 Å². The van der Waals surface area contributed by atoms with Crippen LogP contribution in [0.25, 0.3) is 0 Å². The molecule has 2 N–H and O–H groups in total. The van der Waals surface area contributed by atoms with Crippen LogP contribution >= 0.6 is 0 Å². The van der Waals surface area contributed by atoms with Gasteiger partial charge in [0.2, 0.25) is 0 Å². The van der Waals surface area contributed by atoms with Crippen LogP contribution in [0.4, 0.5) is 0 Å². The Labute approximate surface area is 103 Å². The Morgan fingerprint density at radius 3 is 2.41 bits per heavy atom. The van der Waals surface area contributed by atoms with E-state index in [2.05, 4.69) is 17.1 Å². The highest BCUT2D eigenvalue weighted by atomic mass is 16.4. The lowest BCUT2D eigenvalue weighted by Crippen LogP contribution is -2.55. The molecular weight excluding hydrogens is 216 g/mol. The molecule has 0 aromatic heterocycles. The normalized spacial score (nSPS) is 26.2. The van der Waals surface area contributed by atoms with Crippen LogP contribution in [0.15, 0.2) is 0 Å². The van der Waals surface area contributed by atoms with Gasteiger partial charge in [-0.1, -0.05) is 12.8 Å². The second-order valence-electron chi connectivity index (χ2n) is 5.65. The number of nitrogens with one attached hydrogen (secondary N) is 1. The number of hydrogen-bond donors (Lipinski definition) is 2. The molecule has 0 amide bonds. The van der Waals surface area contributed by atoms with Gasteiger partial charge in [0.25, 0.3) is 0 Å². The second kappa shape index (κ2) is 5.36. The van der Waals surface area contributed by atoms with Gasteiger partial charge >= 0.3 is 5.97 Å². The first-order valence-corrected chi connectivity index (χ1v) is 6.86. The summed E-state index contributed by atoms with van der Waals surface area (Å²) in [5, 5.41) is 12.8. The molecule has 2 rings (SSSR count). The Balaban J connectivity index is 1.86. The fourth-order valence-corrected chi connectivity index (χ4v) is 3.27. The van der Waals surface area contributed by atoms with Crippen molar-refractivity contribution in [1.29, 1.82) is 0 Å². The quantitative estimate of drug-likeness (QED) is 0.764. The van der Waals surface area contributed by atoms with Gasteiger partial charge in [-0.05, 0) is 45.7 Å². The van der Waals surface area contributed by atoms with Gasteiger partial charge in [0.15, 0.2) is 0 Å². The summed E-state index contributed by atoms with van der Waals surface area (Å²) in [6, 6.07) is 0.266. The number of carbonyl (C=O) groups is 1. The van der Waals surface area contributed by atoms with Crippen molar-refractivity contribution in [1.82, 2.24) is 10.2 Å². The highest BCUT2D eigenvalue weighted by Crippen LogP contribution is 2.30. The van der Waals surface area contributed by atoms with E-state index in [1.54, 1.807) is 0 Å². The fourth-order valence-electron chi connectivity index (χ4n) is 3.27. The van der Waals surface area contributed by atoms with Crippen molar-refractivity contribution in [2.24, 2.45) is 0 Å². The highest BCUT2D eigenvalue weighted by molar-refractivity contribution is 5.79. The maximum Gasteiger partial charge on any atom is 0.323 e. The molecular formula is C13H24N2O2. The molecule has 2 aliphatic rings. The maximum absolute atomic E-state index is 11.4. The van der Waals surface area contributed by atoms with Crippen molar-refractivity contribution in [3.63, 3.8) is 0 Å². The number of carboxylic acid groups (broad SMARTS) is 1. The molecule has 1 aliphatic carbocycles. The lowest BCUT2D eigenvalue weighted by molar-refractivity contribution is -0.145. The van der Waals surface area contributed by atoms with Crippen molar-refractivity contribution in [2.75, 3.05) is 19.6 Å². The van der Waals surface area contributed by atoms with E-state index in [9.17, 15) is 9.90 Å². The minimum absolute atomic E-state index is 0.266. The number of carboxylic acids is 1. The maximum atomic E-state index is 11.4. The third-order valence-electron chi connectivity index (χ3n) is 4.12. The Morgan fingerprint density at radius 1 is 1.29 bits per heavy atom. The molecule has 0 bridgehead atoms. The molecule has 17 heavy (non-hydrogen) atoms. The van der Waals surface area contributed by atoms with E-state index in [0.29, 0.717) is 0 Å². The minimum Gasteiger partial charge on any atom is -0.480 e. The summed E-state index contributed by atoms with van der Waals surface area (Å²) in [5.41, 5.74) is -0.640. The molecule has 0 spiro atoms. The number of hydrogen-bond acceptors (Lipinski definition) is 3. The minimum atomic E-state index is -0.664. The summed E-state index contributed by atoms with van der Waals surface area (Å²) in [7, 11) is 0. The van der Waals surface area contributed by atoms with Gasteiger partial charge in [-0.3, -0.25) is 10.1 Å². The van der Waals surface area contributed by atoms with E-state index in [4.69, 9.17) is 0 Å². The SMILES string of the molecule is CC(CN1CCCC1)NC1(C(=O)O)CCCC1. The molecule has 0 radical (unpaired) electrons. The summed E-state index contributed by atoms with van der Waals surface area (Å²) in [5.74, 6) is -0.664. The van der Waals surface area contributed by atoms with E-state index in [1.807, 2.05) is 0 Å². The first-order chi connectivity index (χ1) is 8.12. The standard InChI is InChI=1S/C13H24N2O2/c1-11(10-15-8-4-5-9-15)14-13(12(16)17)6-2-3-7-13/h11,14H,2-10H2,1H3,(H,16,17). The number of rotatable bonds is 5. The largest absolute Gasteiger partial charge is 0.480 e. The number of likely N-dealkylation sites (tertiary alicyclic amines) is 1. The smallest absolute Gasteiger partial charge is 0.323 e.